The van der Waals surface area contributed by atoms with Crippen molar-refractivity contribution in [1.82, 2.24) is 0 Å². The first-order valence-corrected chi connectivity index (χ1v) is 8.54. The summed E-state index contributed by atoms with van der Waals surface area (Å²) >= 11 is 6.33. The molecule has 6 heteroatoms. The second-order valence-electron chi connectivity index (χ2n) is 6.07. The largest absolute Gasteiger partial charge is 0.326 e. The van der Waals surface area contributed by atoms with E-state index in [2.05, 4.69) is 5.32 Å². The Morgan fingerprint density at radius 1 is 1.19 bits per heavy atom. The summed E-state index contributed by atoms with van der Waals surface area (Å²) in [5, 5.41) is 12.0. The lowest BCUT2D eigenvalue weighted by Crippen LogP contribution is -2.32. The molecule has 0 fully saturated rings. The van der Waals surface area contributed by atoms with Crippen molar-refractivity contribution in [2.75, 3.05) is 16.8 Å². The number of benzene rings is 2. The van der Waals surface area contributed by atoms with Gasteiger partial charge >= 0.3 is 0 Å². The van der Waals surface area contributed by atoms with Crippen LogP contribution in [-0.4, -0.2) is 18.4 Å². The molecular weight excluding hydrogens is 350 g/mol. The third kappa shape index (κ3) is 4.84. The Labute approximate surface area is 158 Å². The first-order valence-electron chi connectivity index (χ1n) is 8.16. The lowest BCUT2D eigenvalue weighted by atomic mass is 10.1. The van der Waals surface area contributed by atoms with Gasteiger partial charge in [-0.2, -0.15) is 5.26 Å². The third-order valence-corrected chi connectivity index (χ3v) is 4.20. The Morgan fingerprint density at radius 3 is 2.38 bits per heavy atom. The van der Waals surface area contributed by atoms with Crippen molar-refractivity contribution in [2.24, 2.45) is 0 Å². The van der Waals surface area contributed by atoms with Crippen LogP contribution in [0.2, 0.25) is 5.02 Å². The van der Waals surface area contributed by atoms with Crippen LogP contribution >= 0.6 is 11.6 Å². The number of anilines is 2. The van der Waals surface area contributed by atoms with Crippen LogP contribution in [0.15, 0.2) is 36.4 Å². The summed E-state index contributed by atoms with van der Waals surface area (Å²) in [6, 6.07) is 12.4. The minimum atomic E-state index is -0.221. The highest BCUT2D eigenvalue weighted by molar-refractivity contribution is 6.34. The lowest BCUT2D eigenvalue weighted by Gasteiger charge is -2.24. The monoisotopic (exact) mass is 369 g/mol. The molecule has 0 aliphatic heterocycles. The highest BCUT2D eigenvalue weighted by Gasteiger charge is 2.18. The number of carbonyl (C=O) groups excluding carboxylic acids is 2. The number of hydrogen-bond acceptors (Lipinski definition) is 3. The van der Waals surface area contributed by atoms with Crippen molar-refractivity contribution in [2.45, 2.75) is 27.2 Å². The van der Waals surface area contributed by atoms with Gasteiger partial charge in [-0.1, -0.05) is 17.7 Å². The SMILES string of the molecule is CC(=O)N(CCC(=O)Nc1ccc(C#N)cc1)c1c(C)cc(C)cc1Cl. The van der Waals surface area contributed by atoms with Gasteiger partial charge in [-0.05, 0) is 55.3 Å². The topological polar surface area (TPSA) is 73.2 Å². The number of nitriles is 1. The number of nitrogens with zero attached hydrogens (tertiary/aromatic N) is 2. The van der Waals surface area contributed by atoms with E-state index in [0.29, 0.717) is 22.0 Å². The van der Waals surface area contributed by atoms with Crippen LogP contribution in [-0.2, 0) is 9.59 Å². The molecule has 5 nitrogen and oxygen atoms in total. The number of hydrogen-bond donors (Lipinski definition) is 1. The Morgan fingerprint density at radius 2 is 1.85 bits per heavy atom. The van der Waals surface area contributed by atoms with Crippen LogP contribution in [0.1, 0.15) is 30.0 Å². The number of carbonyl (C=O) groups is 2. The van der Waals surface area contributed by atoms with Crippen molar-refractivity contribution < 1.29 is 9.59 Å². The van der Waals surface area contributed by atoms with Crippen molar-refractivity contribution in [3.63, 3.8) is 0 Å². The van der Waals surface area contributed by atoms with E-state index in [9.17, 15) is 9.59 Å². The van der Waals surface area contributed by atoms with Gasteiger partial charge in [0.2, 0.25) is 11.8 Å². The second kappa shape index (κ2) is 8.50. The molecule has 0 unspecified atom stereocenters. The number of amides is 2. The first kappa shape index (κ1) is 19.5. The predicted molar refractivity (Wildman–Crippen MR) is 103 cm³/mol. The van der Waals surface area contributed by atoms with Gasteiger partial charge in [-0.25, -0.2) is 0 Å². The molecule has 0 aliphatic carbocycles. The minimum absolute atomic E-state index is 0.128. The Kier molecular flexibility index (Phi) is 6.37. The van der Waals surface area contributed by atoms with Crippen LogP contribution in [0.5, 0.6) is 0 Å². The number of halogens is 1. The van der Waals surface area contributed by atoms with Crippen molar-refractivity contribution >= 4 is 34.8 Å². The molecule has 0 radical (unpaired) electrons. The molecule has 2 aromatic carbocycles. The maximum Gasteiger partial charge on any atom is 0.226 e. The summed E-state index contributed by atoms with van der Waals surface area (Å²) in [6.07, 6.45) is 0.128. The van der Waals surface area contributed by atoms with Crippen LogP contribution in [0, 0.1) is 25.2 Å². The van der Waals surface area contributed by atoms with Gasteiger partial charge in [-0.3, -0.25) is 9.59 Å². The summed E-state index contributed by atoms with van der Waals surface area (Å²) in [4.78, 5) is 25.8. The van der Waals surface area contributed by atoms with E-state index < -0.39 is 0 Å². The molecule has 0 aromatic heterocycles. The van der Waals surface area contributed by atoms with E-state index in [4.69, 9.17) is 16.9 Å². The normalized spacial score (nSPS) is 10.1. The van der Waals surface area contributed by atoms with E-state index in [-0.39, 0.29) is 24.8 Å². The van der Waals surface area contributed by atoms with Gasteiger partial charge in [0.1, 0.15) is 0 Å². The average molecular weight is 370 g/mol. The van der Waals surface area contributed by atoms with Crippen LogP contribution in [0.3, 0.4) is 0 Å². The van der Waals surface area contributed by atoms with Crippen molar-refractivity contribution in [3.05, 3.63) is 58.1 Å². The van der Waals surface area contributed by atoms with Gasteiger partial charge in [0.25, 0.3) is 0 Å². The third-order valence-electron chi connectivity index (χ3n) is 3.91. The fourth-order valence-corrected chi connectivity index (χ4v) is 3.16. The number of aryl methyl sites for hydroxylation is 2. The Balaban J connectivity index is 2.08. The first-order chi connectivity index (χ1) is 12.3. The Bertz CT molecular complexity index is 847. The van der Waals surface area contributed by atoms with E-state index >= 15 is 0 Å². The van der Waals surface area contributed by atoms with Gasteiger partial charge in [0.15, 0.2) is 0 Å². The quantitative estimate of drug-likeness (QED) is 0.857. The molecule has 2 amide bonds. The summed E-state index contributed by atoms with van der Waals surface area (Å²) in [5.74, 6) is -0.396. The van der Waals surface area contributed by atoms with Crippen LogP contribution in [0.25, 0.3) is 0 Å². The maximum atomic E-state index is 12.2. The number of rotatable bonds is 5. The standard InChI is InChI=1S/C20H20ClN3O2/c1-13-10-14(2)20(18(21)11-13)24(15(3)25)9-8-19(26)23-17-6-4-16(12-22)5-7-17/h4-7,10-11H,8-9H2,1-3H3,(H,23,26). The zero-order chi connectivity index (χ0) is 19.3. The molecule has 0 atom stereocenters. The molecular formula is C20H20ClN3O2. The predicted octanol–water partition coefficient (Wildman–Crippen LogP) is 4.21. The molecule has 2 aromatic rings. The van der Waals surface area contributed by atoms with Crippen molar-refractivity contribution in [1.29, 1.82) is 5.26 Å². The summed E-state index contributed by atoms with van der Waals surface area (Å²) in [5.41, 5.74) is 3.66. The zero-order valence-corrected chi connectivity index (χ0v) is 15.7. The molecule has 134 valence electrons. The average Bonchev–Trinajstić information content (AvgIpc) is 2.57. The fraction of sp³-hybridized carbons (Fsp3) is 0.250. The Hall–Kier alpha value is -2.84. The van der Waals surface area contributed by atoms with Gasteiger partial charge in [0.05, 0.1) is 22.3 Å². The zero-order valence-electron chi connectivity index (χ0n) is 15.0. The second-order valence-corrected chi connectivity index (χ2v) is 6.48. The van der Waals surface area contributed by atoms with E-state index in [1.807, 2.05) is 26.0 Å². The molecule has 0 spiro atoms. The minimum Gasteiger partial charge on any atom is -0.326 e. The molecule has 26 heavy (non-hydrogen) atoms. The van der Waals surface area contributed by atoms with Crippen LogP contribution in [0.4, 0.5) is 11.4 Å². The summed E-state index contributed by atoms with van der Waals surface area (Å²) in [7, 11) is 0. The lowest BCUT2D eigenvalue weighted by molar-refractivity contribution is -0.117. The van der Waals surface area contributed by atoms with E-state index in [1.54, 1.807) is 30.3 Å². The smallest absolute Gasteiger partial charge is 0.226 e. The van der Waals surface area contributed by atoms with Crippen molar-refractivity contribution in [3.8, 4) is 6.07 Å². The van der Waals surface area contributed by atoms with E-state index in [1.165, 1.54) is 11.8 Å². The molecule has 0 saturated carbocycles. The number of nitrogens with one attached hydrogen (secondary N) is 1. The molecule has 1 N–H and O–H groups in total. The van der Waals surface area contributed by atoms with Gasteiger partial charge < -0.3 is 10.2 Å². The molecule has 0 bridgehead atoms. The van der Waals surface area contributed by atoms with Gasteiger partial charge in [0, 0.05) is 25.6 Å². The maximum absolute atomic E-state index is 12.2. The highest BCUT2D eigenvalue weighted by Crippen LogP contribution is 2.31. The molecule has 2 rings (SSSR count). The molecule has 0 aliphatic rings. The van der Waals surface area contributed by atoms with E-state index in [0.717, 1.165) is 11.1 Å². The summed E-state index contributed by atoms with van der Waals surface area (Å²) in [6.45, 7) is 5.50. The molecule has 0 saturated heterocycles. The summed E-state index contributed by atoms with van der Waals surface area (Å²) < 4.78 is 0. The highest BCUT2D eigenvalue weighted by atomic mass is 35.5. The molecule has 0 heterocycles. The van der Waals surface area contributed by atoms with Gasteiger partial charge in [-0.15, -0.1) is 0 Å². The van der Waals surface area contributed by atoms with Crippen LogP contribution < -0.4 is 10.2 Å². The fourth-order valence-electron chi connectivity index (χ4n) is 2.74.